The van der Waals surface area contributed by atoms with E-state index in [2.05, 4.69) is 38.8 Å². The molecule has 0 bridgehead atoms. The van der Waals surface area contributed by atoms with Crippen LogP contribution in [0.3, 0.4) is 0 Å². The lowest BCUT2D eigenvalue weighted by molar-refractivity contribution is -0.119. The van der Waals surface area contributed by atoms with Crippen molar-refractivity contribution in [2.24, 2.45) is 5.92 Å². The predicted octanol–water partition coefficient (Wildman–Crippen LogP) is 4.61. The molecule has 1 N–H and O–H groups in total. The maximum Gasteiger partial charge on any atom is 0.212 e. The summed E-state index contributed by atoms with van der Waals surface area (Å²) in [6.45, 7) is 14.5. The van der Waals surface area contributed by atoms with Crippen molar-refractivity contribution in [3.63, 3.8) is 0 Å². The van der Waals surface area contributed by atoms with Crippen LogP contribution in [0.15, 0.2) is 11.1 Å². The maximum absolute atomic E-state index is 12.0. The number of amides is 1. The number of hydrogen-bond acceptors (Lipinski definition) is 1. The molecule has 1 aliphatic carbocycles. The third-order valence-electron chi connectivity index (χ3n) is 5.06. The van der Waals surface area contributed by atoms with E-state index in [1.54, 1.807) is 0 Å². The van der Waals surface area contributed by atoms with E-state index in [1.165, 1.54) is 5.57 Å². The lowest BCUT2D eigenvalue weighted by Gasteiger charge is -2.48. The standard InChI is InChI=1S/C15H27Cl2NOSi/c1-8-9-13(19)18-20(6,7)15(17)12(4)10(2)11(3)14(15,5)16/h12H,8-9H2,1-7H3,(H,18,19). The van der Waals surface area contributed by atoms with Crippen molar-refractivity contribution in [3.8, 4) is 0 Å². The van der Waals surface area contributed by atoms with E-state index in [0.717, 1.165) is 12.0 Å². The third-order valence-corrected chi connectivity index (χ3v) is 11.7. The highest BCUT2D eigenvalue weighted by Gasteiger charge is 2.65. The Morgan fingerprint density at radius 2 is 1.85 bits per heavy atom. The van der Waals surface area contributed by atoms with Crippen molar-refractivity contribution in [1.82, 2.24) is 4.98 Å². The van der Waals surface area contributed by atoms with Gasteiger partial charge in [0.2, 0.25) is 5.91 Å². The highest BCUT2D eigenvalue weighted by atomic mass is 35.5. The Balaban J connectivity index is 3.19. The number of rotatable bonds is 4. The second-order valence-corrected chi connectivity index (χ2v) is 12.6. The van der Waals surface area contributed by atoms with E-state index >= 15 is 0 Å². The van der Waals surface area contributed by atoms with Gasteiger partial charge in [0.15, 0.2) is 8.24 Å². The van der Waals surface area contributed by atoms with Crippen LogP contribution in [0.4, 0.5) is 0 Å². The first-order valence-corrected chi connectivity index (χ1v) is 11.1. The molecule has 1 rings (SSSR count). The summed E-state index contributed by atoms with van der Waals surface area (Å²) in [6, 6.07) is 0. The molecule has 2 nitrogen and oxygen atoms in total. The SMILES string of the molecule is CCCC(=O)N[Si](C)(C)C1(Cl)C(C)C(C)=C(C)C1(C)Cl. The summed E-state index contributed by atoms with van der Waals surface area (Å²) >= 11 is 14.0. The van der Waals surface area contributed by atoms with Gasteiger partial charge in [-0.15, -0.1) is 23.2 Å². The fourth-order valence-electron chi connectivity index (χ4n) is 3.53. The Morgan fingerprint density at radius 1 is 1.35 bits per heavy atom. The molecule has 1 amide bonds. The maximum atomic E-state index is 12.0. The van der Waals surface area contributed by atoms with Gasteiger partial charge in [-0.05, 0) is 33.1 Å². The summed E-state index contributed by atoms with van der Waals surface area (Å²) < 4.78 is -0.612. The normalized spacial score (nSPS) is 34.5. The van der Waals surface area contributed by atoms with Gasteiger partial charge >= 0.3 is 0 Å². The van der Waals surface area contributed by atoms with Crippen LogP contribution in [0.1, 0.15) is 47.5 Å². The monoisotopic (exact) mass is 335 g/mol. The Hall–Kier alpha value is 0.00688. The number of allylic oxidation sites excluding steroid dienone is 2. The summed E-state index contributed by atoms with van der Waals surface area (Å²) in [5.74, 6) is 0.251. The molecule has 0 aromatic heterocycles. The lowest BCUT2D eigenvalue weighted by atomic mass is 10.00. The first-order chi connectivity index (χ1) is 8.93. The zero-order valence-corrected chi connectivity index (χ0v) is 16.2. The Labute approximate surface area is 134 Å². The molecule has 3 unspecified atom stereocenters. The minimum Gasteiger partial charge on any atom is -0.380 e. The third kappa shape index (κ3) is 2.46. The molecular weight excluding hydrogens is 309 g/mol. The molecule has 3 atom stereocenters. The molecule has 0 aliphatic heterocycles. The number of halogens is 2. The van der Waals surface area contributed by atoms with E-state index < -0.39 is 17.6 Å². The molecule has 0 aromatic rings. The van der Waals surface area contributed by atoms with Crippen LogP contribution in [0.5, 0.6) is 0 Å². The number of carbonyl (C=O) groups is 1. The van der Waals surface area contributed by atoms with Gasteiger partial charge in [-0.25, -0.2) is 0 Å². The van der Waals surface area contributed by atoms with Crippen LogP contribution < -0.4 is 4.98 Å². The van der Waals surface area contributed by atoms with Gasteiger partial charge in [0.1, 0.15) is 0 Å². The molecule has 0 heterocycles. The van der Waals surface area contributed by atoms with Crippen molar-refractivity contribution in [3.05, 3.63) is 11.1 Å². The molecule has 0 saturated carbocycles. The number of hydrogen-bond donors (Lipinski definition) is 1. The molecule has 116 valence electrons. The van der Waals surface area contributed by atoms with Gasteiger partial charge in [0.05, 0.1) is 9.37 Å². The smallest absolute Gasteiger partial charge is 0.212 e. The van der Waals surface area contributed by atoms with Gasteiger partial charge in [0, 0.05) is 6.42 Å². The van der Waals surface area contributed by atoms with Crippen molar-refractivity contribution in [2.45, 2.75) is 69.9 Å². The average Bonchev–Trinajstić information content (AvgIpc) is 2.43. The highest BCUT2D eigenvalue weighted by Crippen LogP contribution is 2.58. The minimum absolute atomic E-state index is 0.0889. The van der Waals surface area contributed by atoms with Crippen LogP contribution in [0, 0.1) is 5.92 Å². The van der Waals surface area contributed by atoms with Crippen LogP contribution in [0.2, 0.25) is 13.1 Å². The first kappa shape index (κ1) is 18.1. The minimum atomic E-state index is -2.28. The number of nitrogens with one attached hydrogen (secondary N) is 1. The first-order valence-electron chi connectivity index (χ1n) is 7.30. The molecular formula is C15H27Cl2NOSi. The van der Waals surface area contributed by atoms with Crippen LogP contribution in [0.25, 0.3) is 0 Å². The molecule has 5 heteroatoms. The van der Waals surface area contributed by atoms with E-state index in [4.69, 9.17) is 23.2 Å². The topological polar surface area (TPSA) is 29.1 Å². The summed E-state index contributed by atoms with van der Waals surface area (Å²) in [6.07, 6.45) is 1.39. The summed E-state index contributed by atoms with van der Waals surface area (Å²) in [4.78, 5) is 14.7. The van der Waals surface area contributed by atoms with E-state index in [0.29, 0.717) is 6.42 Å². The number of alkyl halides is 2. The highest BCUT2D eigenvalue weighted by molar-refractivity contribution is 6.88. The van der Waals surface area contributed by atoms with E-state index in [-0.39, 0.29) is 11.8 Å². The second-order valence-electron chi connectivity index (χ2n) is 6.67. The van der Waals surface area contributed by atoms with Gasteiger partial charge in [0.25, 0.3) is 0 Å². The van der Waals surface area contributed by atoms with Gasteiger partial charge < -0.3 is 4.98 Å². The zero-order chi connectivity index (χ0) is 15.9. The largest absolute Gasteiger partial charge is 0.380 e. The Bertz CT molecular complexity index is 445. The van der Waals surface area contributed by atoms with Crippen LogP contribution in [-0.4, -0.2) is 23.5 Å². The summed E-state index contributed by atoms with van der Waals surface area (Å²) in [5, 5.41) is 0. The second kappa shape index (κ2) is 5.66. The van der Waals surface area contributed by atoms with Crippen LogP contribution >= 0.6 is 23.2 Å². The van der Waals surface area contributed by atoms with Crippen molar-refractivity contribution < 1.29 is 4.79 Å². The quantitative estimate of drug-likeness (QED) is 0.453. The summed E-state index contributed by atoms with van der Waals surface area (Å²) in [5.41, 5.74) is 2.40. The lowest BCUT2D eigenvalue weighted by Crippen LogP contribution is -2.70. The predicted molar refractivity (Wildman–Crippen MR) is 90.9 cm³/mol. The molecule has 0 aromatic carbocycles. The van der Waals surface area contributed by atoms with Crippen molar-refractivity contribution >= 4 is 37.3 Å². The van der Waals surface area contributed by atoms with Gasteiger partial charge in [-0.3, -0.25) is 4.79 Å². The fraction of sp³-hybridized carbons (Fsp3) is 0.800. The number of carbonyl (C=O) groups excluding carboxylic acids is 1. The molecule has 20 heavy (non-hydrogen) atoms. The van der Waals surface area contributed by atoms with Crippen LogP contribution in [-0.2, 0) is 4.79 Å². The molecule has 1 aliphatic rings. The molecule has 0 spiro atoms. The zero-order valence-electron chi connectivity index (χ0n) is 13.7. The average molecular weight is 336 g/mol. The Morgan fingerprint density at radius 3 is 2.20 bits per heavy atom. The van der Waals surface area contributed by atoms with E-state index in [1.807, 2.05) is 13.8 Å². The fourth-order valence-corrected chi connectivity index (χ4v) is 8.66. The van der Waals surface area contributed by atoms with Crippen molar-refractivity contribution in [1.29, 1.82) is 0 Å². The molecule has 0 fully saturated rings. The van der Waals surface area contributed by atoms with Gasteiger partial charge in [-0.1, -0.05) is 38.1 Å². The molecule has 0 saturated heterocycles. The Kier molecular flexibility index (Phi) is 5.11. The molecule has 0 radical (unpaired) electrons. The summed E-state index contributed by atoms with van der Waals surface area (Å²) in [7, 11) is -2.28. The van der Waals surface area contributed by atoms with Crippen molar-refractivity contribution in [2.75, 3.05) is 0 Å². The van der Waals surface area contributed by atoms with E-state index in [9.17, 15) is 4.79 Å². The van der Waals surface area contributed by atoms with Gasteiger partial charge in [-0.2, -0.15) is 0 Å².